The molecule has 15 heteroatoms. The molecular weight excluding hydrogens is 647 g/mol. The fraction of sp³-hybridized carbons (Fsp3) is 0.531. The molecule has 0 N–H and O–H groups in total. The van der Waals surface area contributed by atoms with Crippen molar-refractivity contribution < 1.29 is 23.9 Å². The number of nitrogens with zero attached hydrogens (tertiary/aromatic N) is 8. The Morgan fingerprint density at radius 2 is 1.70 bits per heavy atom. The van der Waals surface area contributed by atoms with Crippen LogP contribution < -0.4 is 24.2 Å². The molecule has 0 saturated carbocycles. The summed E-state index contributed by atoms with van der Waals surface area (Å²) in [5.41, 5.74) is 0.945. The SMILES string of the molecule is C=CC(=O)N1CCCN(c2ncc3c(n2)N(C)C(=O)N(c2c(Cl)c(OC)cc(OC)c2Cl)C3)C2CN(C(=O)C3CCCCN3C)CC21. The molecule has 4 aliphatic rings. The number of benzene rings is 1. The van der Waals surface area contributed by atoms with Crippen molar-refractivity contribution in [2.24, 2.45) is 0 Å². The van der Waals surface area contributed by atoms with Gasteiger partial charge in [0, 0.05) is 51.1 Å². The third-order valence-corrected chi connectivity index (χ3v) is 10.5. The van der Waals surface area contributed by atoms with Gasteiger partial charge in [-0.3, -0.25) is 24.3 Å². The van der Waals surface area contributed by atoms with Gasteiger partial charge in [0.25, 0.3) is 0 Å². The summed E-state index contributed by atoms with van der Waals surface area (Å²) in [6.45, 7) is 6.69. The molecule has 5 heterocycles. The predicted molar refractivity (Wildman–Crippen MR) is 180 cm³/mol. The minimum Gasteiger partial charge on any atom is -0.495 e. The van der Waals surface area contributed by atoms with Crippen molar-refractivity contribution in [3.8, 4) is 11.5 Å². The number of carbonyl (C=O) groups excluding carboxylic acids is 3. The van der Waals surface area contributed by atoms with Crippen LogP contribution in [0.4, 0.5) is 22.2 Å². The molecule has 0 radical (unpaired) electrons. The molecule has 3 saturated heterocycles. The van der Waals surface area contributed by atoms with Crippen molar-refractivity contribution in [3.05, 3.63) is 40.5 Å². The third-order valence-electron chi connectivity index (χ3n) is 9.75. The molecule has 0 bridgehead atoms. The lowest BCUT2D eigenvalue weighted by Crippen LogP contribution is -2.51. The van der Waals surface area contributed by atoms with Crippen LogP contribution in [0.3, 0.4) is 0 Å². The van der Waals surface area contributed by atoms with Crippen molar-refractivity contribution in [2.75, 3.05) is 75.7 Å². The lowest BCUT2D eigenvalue weighted by molar-refractivity contribution is -0.137. The van der Waals surface area contributed by atoms with Crippen molar-refractivity contribution in [1.29, 1.82) is 0 Å². The Morgan fingerprint density at radius 3 is 2.36 bits per heavy atom. The number of aromatic nitrogens is 2. The maximum absolute atomic E-state index is 13.8. The summed E-state index contributed by atoms with van der Waals surface area (Å²) >= 11 is 13.3. The second kappa shape index (κ2) is 13.4. The lowest BCUT2D eigenvalue weighted by atomic mass is 10.0. The molecule has 4 amide bonds. The first kappa shape index (κ1) is 33.1. The molecule has 13 nitrogen and oxygen atoms in total. The lowest BCUT2D eigenvalue weighted by Gasteiger charge is -2.37. The number of anilines is 3. The molecule has 3 unspecified atom stereocenters. The highest BCUT2D eigenvalue weighted by Gasteiger charge is 2.47. The normalized spacial score (nSPS) is 23.3. The van der Waals surface area contributed by atoms with Gasteiger partial charge in [-0.15, -0.1) is 0 Å². The van der Waals surface area contributed by atoms with E-state index in [1.807, 2.05) is 16.8 Å². The number of halogens is 2. The summed E-state index contributed by atoms with van der Waals surface area (Å²) in [6, 6.07) is 0.506. The molecule has 0 spiro atoms. The van der Waals surface area contributed by atoms with Crippen molar-refractivity contribution in [1.82, 2.24) is 24.7 Å². The zero-order valence-corrected chi connectivity index (χ0v) is 28.6. The van der Waals surface area contributed by atoms with E-state index in [-0.39, 0.29) is 52.2 Å². The van der Waals surface area contributed by atoms with Crippen LogP contribution in [0.2, 0.25) is 10.0 Å². The minimum absolute atomic E-state index is 0.0921. The average Bonchev–Trinajstić information content (AvgIpc) is 3.43. The number of likely N-dealkylation sites (N-methyl/N-ethyl adjacent to an activating group) is 1. The summed E-state index contributed by atoms with van der Waals surface area (Å²) in [5.74, 6) is 1.45. The van der Waals surface area contributed by atoms with Gasteiger partial charge in [-0.1, -0.05) is 36.2 Å². The fourth-order valence-corrected chi connectivity index (χ4v) is 7.97. The molecule has 0 aliphatic carbocycles. The van der Waals surface area contributed by atoms with Gasteiger partial charge < -0.3 is 24.2 Å². The highest BCUT2D eigenvalue weighted by atomic mass is 35.5. The largest absolute Gasteiger partial charge is 0.495 e. The molecule has 1 aromatic carbocycles. The number of methoxy groups -OCH3 is 2. The second-order valence-corrected chi connectivity index (χ2v) is 13.1. The first-order valence-electron chi connectivity index (χ1n) is 15.8. The predicted octanol–water partition coefficient (Wildman–Crippen LogP) is 3.67. The van der Waals surface area contributed by atoms with E-state index in [0.29, 0.717) is 61.4 Å². The summed E-state index contributed by atoms with van der Waals surface area (Å²) in [4.78, 5) is 61.2. The van der Waals surface area contributed by atoms with Crippen LogP contribution in [0, 0.1) is 0 Å². The first-order valence-corrected chi connectivity index (χ1v) is 16.5. The van der Waals surface area contributed by atoms with Gasteiger partial charge in [-0.25, -0.2) is 9.78 Å². The molecule has 47 heavy (non-hydrogen) atoms. The fourth-order valence-electron chi connectivity index (χ4n) is 7.27. The Hall–Kier alpha value is -3.81. The van der Waals surface area contributed by atoms with Crippen LogP contribution in [0.25, 0.3) is 0 Å². The summed E-state index contributed by atoms with van der Waals surface area (Å²) < 4.78 is 10.8. The Labute approximate surface area is 284 Å². The molecule has 1 aromatic heterocycles. The summed E-state index contributed by atoms with van der Waals surface area (Å²) in [7, 11) is 6.58. The Kier molecular flexibility index (Phi) is 9.41. The number of urea groups is 1. The number of hydrogen-bond donors (Lipinski definition) is 0. The Bertz CT molecular complexity index is 1560. The van der Waals surface area contributed by atoms with E-state index >= 15 is 0 Å². The average molecular weight is 688 g/mol. The monoisotopic (exact) mass is 686 g/mol. The topological polar surface area (TPSA) is 115 Å². The standard InChI is InChI=1S/C32H40Cl2N8O5/c1-6-25(43)40-12-9-13-41(22-18-39(17-21(22)40)30(44)20-10-7-8-11-37(20)2)31-35-15-19-16-42(32(45)38(3)29(19)36-31)28-26(33)23(46-4)14-24(47-5)27(28)34/h6,14-15,20-22H,1,7-13,16-18H2,2-5H3. The van der Waals surface area contributed by atoms with Crippen LogP contribution >= 0.6 is 23.2 Å². The van der Waals surface area contributed by atoms with Gasteiger partial charge in [0.1, 0.15) is 27.4 Å². The summed E-state index contributed by atoms with van der Waals surface area (Å²) in [6.07, 6.45) is 6.65. The molecule has 2 aromatic rings. The molecule has 6 rings (SSSR count). The highest BCUT2D eigenvalue weighted by molar-refractivity contribution is 6.42. The zero-order valence-electron chi connectivity index (χ0n) is 27.1. The van der Waals surface area contributed by atoms with Crippen molar-refractivity contribution in [2.45, 2.75) is 50.4 Å². The highest BCUT2D eigenvalue weighted by Crippen LogP contribution is 2.48. The number of rotatable bonds is 6. The van der Waals surface area contributed by atoms with Gasteiger partial charge in [0.15, 0.2) is 0 Å². The Balaban J connectivity index is 1.32. The molecule has 252 valence electrons. The van der Waals surface area contributed by atoms with Gasteiger partial charge >= 0.3 is 6.03 Å². The van der Waals surface area contributed by atoms with Gasteiger partial charge in [-0.2, -0.15) is 4.98 Å². The second-order valence-electron chi connectivity index (χ2n) is 12.4. The number of likely N-dealkylation sites (tertiary alicyclic amines) is 2. The quantitative estimate of drug-likeness (QED) is 0.420. The zero-order chi connectivity index (χ0) is 33.6. The maximum atomic E-state index is 13.8. The van der Waals surface area contributed by atoms with Gasteiger partial charge in [0.2, 0.25) is 17.8 Å². The van der Waals surface area contributed by atoms with Gasteiger partial charge in [-0.05, 0) is 38.9 Å². The summed E-state index contributed by atoms with van der Waals surface area (Å²) in [5, 5.41) is 0.352. The number of amides is 4. The number of fused-ring (bicyclic) bond motifs is 2. The minimum atomic E-state index is -0.396. The van der Waals surface area contributed by atoms with Crippen LogP contribution in [-0.4, -0.2) is 122 Å². The van der Waals surface area contributed by atoms with Crippen LogP contribution in [0.15, 0.2) is 24.9 Å². The van der Waals surface area contributed by atoms with Crippen molar-refractivity contribution >= 4 is 58.5 Å². The van der Waals surface area contributed by atoms with Gasteiger partial charge in [0.05, 0.1) is 44.6 Å². The van der Waals surface area contributed by atoms with Crippen molar-refractivity contribution in [3.63, 3.8) is 0 Å². The Morgan fingerprint density at radius 1 is 1.00 bits per heavy atom. The van der Waals surface area contributed by atoms with Crippen LogP contribution in [0.1, 0.15) is 31.2 Å². The van der Waals surface area contributed by atoms with E-state index in [1.54, 1.807) is 19.3 Å². The molecule has 4 aliphatic heterocycles. The maximum Gasteiger partial charge on any atom is 0.330 e. The van der Waals surface area contributed by atoms with Crippen LogP contribution in [-0.2, 0) is 16.1 Å². The van der Waals surface area contributed by atoms with E-state index in [9.17, 15) is 14.4 Å². The van der Waals surface area contributed by atoms with Crippen LogP contribution in [0.5, 0.6) is 11.5 Å². The molecule has 3 atom stereocenters. The van der Waals surface area contributed by atoms with E-state index in [4.69, 9.17) is 42.6 Å². The first-order chi connectivity index (χ1) is 22.6. The number of ether oxygens (including phenoxy) is 2. The van der Waals surface area contributed by atoms with E-state index < -0.39 is 6.03 Å². The number of piperidine rings is 1. The third kappa shape index (κ3) is 5.82. The van der Waals surface area contributed by atoms with E-state index in [0.717, 1.165) is 25.8 Å². The number of carbonyl (C=O) groups is 3. The van der Waals surface area contributed by atoms with E-state index in [2.05, 4.69) is 16.4 Å². The molecule has 3 fully saturated rings. The van der Waals surface area contributed by atoms with E-state index in [1.165, 1.54) is 30.1 Å². The smallest absolute Gasteiger partial charge is 0.330 e. The number of hydrogen-bond acceptors (Lipinski definition) is 9. The molecular formula is C32H40Cl2N8O5.